The average Bonchev–Trinajstić information content (AvgIpc) is 3.47. The summed E-state index contributed by atoms with van der Waals surface area (Å²) in [4.78, 5) is 0. The number of nitrogens with zero attached hydrogens (tertiary/aromatic N) is 1. The Morgan fingerprint density at radius 1 is 0.472 bits per heavy atom. The van der Waals surface area contributed by atoms with E-state index in [2.05, 4.69) is 138 Å². The van der Waals surface area contributed by atoms with Crippen LogP contribution in [0.4, 0.5) is 0 Å². The summed E-state index contributed by atoms with van der Waals surface area (Å²) in [5, 5.41) is 12.4. The maximum absolute atomic E-state index is 2.48. The molecule has 1 nitrogen and oxygen atoms in total. The van der Waals surface area contributed by atoms with E-state index in [1.54, 1.807) is 0 Å². The molecule has 8 aromatic rings. The number of hydrogen-bond acceptors (Lipinski definition) is 0. The van der Waals surface area contributed by atoms with Gasteiger partial charge in [-0.2, -0.15) is 0 Å². The summed E-state index contributed by atoms with van der Waals surface area (Å²) < 4.78 is 2.48. The third kappa shape index (κ3) is 2.67. The quantitative estimate of drug-likeness (QED) is 0.234. The van der Waals surface area contributed by atoms with Gasteiger partial charge in [-0.25, -0.2) is 0 Å². The van der Waals surface area contributed by atoms with E-state index in [1.807, 2.05) is 0 Å². The van der Waals surface area contributed by atoms with Crippen LogP contribution in [0.15, 0.2) is 133 Å². The lowest BCUT2D eigenvalue weighted by molar-refractivity contribution is 1.19. The van der Waals surface area contributed by atoms with Crippen molar-refractivity contribution >= 4 is 61.1 Å². The fraction of sp³-hybridized carbons (Fsp3) is 0. The topological polar surface area (TPSA) is 4.93 Å². The monoisotopic (exact) mass is 475 g/mol. The summed E-state index contributed by atoms with van der Waals surface area (Å²) in [6.07, 6.45) is 0. The average molecular weight is 476 g/mol. The lowest BCUT2D eigenvalue weighted by atomic mass is 10.0. The van der Waals surface area contributed by atoms with E-state index in [0.717, 1.165) is 0 Å². The Kier molecular flexibility index (Phi) is 4.20. The molecule has 0 amide bonds. The lowest BCUT2D eigenvalue weighted by Gasteiger charge is -2.09. The van der Waals surface area contributed by atoms with Gasteiger partial charge in [0.05, 0.1) is 11.0 Å². The Morgan fingerprint density at radius 3 is 1.97 bits per heavy atom. The first-order valence-corrected chi connectivity index (χ1v) is 13.7. The number of fused-ring (bicyclic) bond motifs is 9. The van der Waals surface area contributed by atoms with Crippen LogP contribution in [-0.4, -0.2) is 4.57 Å². The molecule has 0 saturated heterocycles. The molecule has 2 heterocycles. The fourth-order valence-corrected chi connectivity index (χ4v) is 8.82. The molecule has 8 rings (SSSR count). The first-order chi connectivity index (χ1) is 17.9. The smallest absolute Gasteiger partial charge is 0.0619 e. The molecule has 1 unspecified atom stereocenters. The van der Waals surface area contributed by atoms with E-state index in [0.29, 0.717) is 0 Å². The maximum atomic E-state index is 2.48. The van der Waals surface area contributed by atoms with Crippen LogP contribution in [0.3, 0.4) is 0 Å². The Labute approximate surface area is 209 Å². The van der Waals surface area contributed by atoms with Gasteiger partial charge in [0.15, 0.2) is 0 Å². The Balaban J connectivity index is 1.69. The van der Waals surface area contributed by atoms with Crippen LogP contribution >= 0.6 is 7.53 Å². The molecule has 6 aromatic carbocycles. The van der Waals surface area contributed by atoms with Gasteiger partial charge in [-0.3, -0.25) is 0 Å². The zero-order valence-electron chi connectivity index (χ0n) is 19.6. The normalized spacial score (nSPS) is 12.4. The van der Waals surface area contributed by atoms with E-state index in [9.17, 15) is 0 Å². The van der Waals surface area contributed by atoms with Crippen molar-refractivity contribution in [3.05, 3.63) is 133 Å². The van der Waals surface area contributed by atoms with Gasteiger partial charge < -0.3 is 4.57 Å². The molecule has 0 aliphatic rings. The SMILES string of the molecule is c1ccc(-n2c3ccc4c5ccccc5p(-c5ccccc5)c4c3c3ccc4ccccc4c32)cc1. The van der Waals surface area contributed by atoms with Crippen molar-refractivity contribution in [3.8, 4) is 11.0 Å². The number of aromatic nitrogens is 1. The van der Waals surface area contributed by atoms with Gasteiger partial charge in [-0.1, -0.05) is 123 Å². The van der Waals surface area contributed by atoms with Gasteiger partial charge in [0, 0.05) is 32.1 Å². The second kappa shape index (κ2) is 7.59. The number of para-hydroxylation sites is 1. The third-order valence-corrected chi connectivity index (χ3v) is 10.1. The van der Waals surface area contributed by atoms with Crippen LogP contribution < -0.4 is 0 Å². The summed E-state index contributed by atoms with van der Waals surface area (Å²) in [5.41, 5.74) is 3.78. The van der Waals surface area contributed by atoms with Crippen LogP contribution in [0, 0.1) is 0 Å². The van der Waals surface area contributed by atoms with Gasteiger partial charge in [-0.05, 0) is 39.7 Å². The van der Waals surface area contributed by atoms with Gasteiger partial charge in [0.2, 0.25) is 0 Å². The second-order valence-electron chi connectivity index (χ2n) is 9.40. The highest BCUT2D eigenvalue weighted by Crippen LogP contribution is 2.58. The molecule has 2 heteroatoms. The molecule has 0 N–H and O–H groups in total. The number of benzene rings is 6. The van der Waals surface area contributed by atoms with Crippen molar-refractivity contribution in [2.45, 2.75) is 0 Å². The van der Waals surface area contributed by atoms with Crippen molar-refractivity contribution in [2.24, 2.45) is 0 Å². The summed E-state index contributed by atoms with van der Waals surface area (Å²) in [6, 6.07) is 49.1. The van der Waals surface area contributed by atoms with E-state index in [-0.39, 0.29) is 0 Å². The molecule has 0 radical (unpaired) electrons. The molecule has 0 aliphatic heterocycles. The molecule has 2 aromatic heterocycles. The van der Waals surface area contributed by atoms with Crippen molar-refractivity contribution in [2.75, 3.05) is 0 Å². The summed E-state index contributed by atoms with van der Waals surface area (Å²) in [5.74, 6) is 0. The minimum atomic E-state index is -0.657. The lowest BCUT2D eigenvalue weighted by Crippen LogP contribution is -1.93. The van der Waals surface area contributed by atoms with Gasteiger partial charge in [0.1, 0.15) is 0 Å². The van der Waals surface area contributed by atoms with Gasteiger partial charge in [0.25, 0.3) is 0 Å². The maximum Gasteiger partial charge on any atom is 0.0619 e. The van der Waals surface area contributed by atoms with E-state index in [1.165, 1.54) is 64.6 Å². The van der Waals surface area contributed by atoms with Crippen molar-refractivity contribution in [1.82, 2.24) is 4.57 Å². The predicted octanol–water partition coefficient (Wildman–Crippen LogP) is 10.2. The van der Waals surface area contributed by atoms with Gasteiger partial charge in [-0.15, -0.1) is 0 Å². The Bertz CT molecular complexity index is 2080. The first kappa shape index (κ1) is 19.9. The summed E-state index contributed by atoms with van der Waals surface area (Å²) >= 11 is 0. The molecule has 0 saturated carbocycles. The van der Waals surface area contributed by atoms with E-state index >= 15 is 0 Å². The van der Waals surface area contributed by atoms with Gasteiger partial charge >= 0.3 is 0 Å². The standard InChI is InChI=1S/C34H22NP/c1-3-12-24(13-4-1)35-30-22-21-28-27-17-9-10-18-31(27)36(25-14-5-2-6-15-25)34(28)32(30)29-20-19-23-11-7-8-16-26(23)33(29)35/h1-22H. The minimum Gasteiger partial charge on any atom is -0.309 e. The highest BCUT2D eigenvalue weighted by molar-refractivity contribution is 7.68. The molecule has 0 spiro atoms. The third-order valence-electron chi connectivity index (χ3n) is 7.48. The number of rotatable bonds is 2. The molecular formula is C34H22NP. The second-order valence-corrected chi connectivity index (χ2v) is 11.5. The van der Waals surface area contributed by atoms with Crippen molar-refractivity contribution < 1.29 is 0 Å². The first-order valence-electron chi connectivity index (χ1n) is 12.4. The largest absolute Gasteiger partial charge is 0.309 e. The molecule has 0 bridgehead atoms. The Hall–Kier alpha value is -4.32. The van der Waals surface area contributed by atoms with Crippen LogP contribution in [0.1, 0.15) is 0 Å². The molecule has 168 valence electrons. The van der Waals surface area contributed by atoms with E-state index < -0.39 is 7.53 Å². The number of hydrogen-bond donors (Lipinski definition) is 0. The zero-order valence-corrected chi connectivity index (χ0v) is 20.5. The molecule has 36 heavy (non-hydrogen) atoms. The minimum absolute atomic E-state index is 0.657. The molecule has 0 aliphatic carbocycles. The summed E-state index contributed by atoms with van der Waals surface area (Å²) in [6.45, 7) is 0. The van der Waals surface area contributed by atoms with Crippen molar-refractivity contribution in [1.29, 1.82) is 0 Å². The predicted molar refractivity (Wildman–Crippen MR) is 157 cm³/mol. The zero-order chi connectivity index (χ0) is 23.6. The highest BCUT2D eigenvalue weighted by atomic mass is 31.1. The molecule has 1 atom stereocenters. The van der Waals surface area contributed by atoms with Crippen molar-refractivity contribution in [3.63, 3.8) is 0 Å². The summed E-state index contributed by atoms with van der Waals surface area (Å²) in [7, 11) is -0.657. The Morgan fingerprint density at radius 2 is 1.14 bits per heavy atom. The van der Waals surface area contributed by atoms with Crippen LogP contribution in [0.5, 0.6) is 0 Å². The van der Waals surface area contributed by atoms with Crippen LogP contribution in [-0.2, 0) is 0 Å². The van der Waals surface area contributed by atoms with E-state index in [4.69, 9.17) is 0 Å². The fourth-order valence-electron chi connectivity index (χ4n) is 6.01. The van der Waals surface area contributed by atoms with Crippen LogP contribution in [0.2, 0.25) is 0 Å². The molecular weight excluding hydrogens is 453 g/mol. The molecule has 0 fully saturated rings. The van der Waals surface area contributed by atoms with Crippen LogP contribution in [0.25, 0.3) is 64.6 Å². The highest BCUT2D eigenvalue weighted by Gasteiger charge is 2.21.